The quantitative estimate of drug-likeness (QED) is 0.762. The molecular weight excluding hydrogens is 322 g/mol. The van der Waals surface area contributed by atoms with Crippen LogP contribution in [0.1, 0.15) is 42.5 Å². The van der Waals surface area contributed by atoms with Crippen LogP contribution in [-0.2, 0) is 4.79 Å². The highest BCUT2D eigenvalue weighted by Gasteiger charge is 2.25. The van der Waals surface area contributed by atoms with E-state index in [4.69, 9.17) is 5.11 Å². The zero-order valence-electron chi connectivity index (χ0n) is 14.0. The number of piperidine rings is 1. The molecule has 3 N–H and O–H groups in total. The predicted octanol–water partition coefficient (Wildman–Crippen LogP) is 2.30. The number of anilines is 1. The Balaban J connectivity index is 1.56. The average molecular weight is 345 g/mol. The fourth-order valence-corrected chi connectivity index (χ4v) is 3.08. The minimum atomic E-state index is -0.784. The first-order valence-corrected chi connectivity index (χ1v) is 8.70. The van der Waals surface area contributed by atoms with Crippen LogP contribution in [0.2, 0.25) is 0 Å². The summed E-state index contributed by atoms with van der Waals surface area (Å²) in [7, 11) is 0. The average Bonchev–Trinajstić information content (AvgIpc) is 3.38. The van der Waals surface area contributed by atoms with Crippen molar-refractivity contribution in [3.8, 4) is 0 Å². The highest BCUT2D eigenvalue weighted by atomic mass is 16.4. The Morgan fingerprint density at radius 2 is 1.84 bits per heavy atom. The van der Waals surface area contributed by atoms with Crippen LogP contribution in [-0.4, -0.2) is 47.0 Å². The van der Waals surface area contributed by atoms with Gasteiger partial charge < -0.3 is 20.6 Å². The molecule has 7 heteroatoms. The van der Waals surface area contributed by atoms with Crippen molar-refractivity contribution in [3.05, 3.63) is 29.8 Å². The van der Waals surface area contributed by atoms with Crippen LogP contribution < -0.4 is 10.6 Å². The normalized spacial score (nSPS) is 17.8. The van der Waals surface area contributed by atoms with Gasteiger partial charge in [0.05, 0.1) is 0 Å². The number of carboxylic acids is 1. The van der Waals surface area contributed by atoms with Gasteiger partial charge in [-0.15, -0.1) is 0 Å². The van der Waals surface area contributed by atoms with E-state index in [2.05, 4.69) is 10.6 Å². The van der Waals surface area contributed by atoms with Crippen LogP contribution in [0.5, 0.6) is 0 Å². The summed E-state index contributed by atoms with van der Waals surface area (Å²) in [6.07, 6.45) is 3.62. The summed E-state index contributed by atoms with van der Waals surface area (Å²) in [5.41, 5.74) is 1.12. The van der Waals surface area contributed by atoms with Crippen LogP contribution in [0.3, 0.4) is 0 Å². The van der Waals surface area contributed by atoms with Gasteiger partial charge in [0.25, 0.3) is 5.91 Å². The van der Waals surface area contributed by atoms with E-state index < -0.39 is 5.97 Å². The summed E-state index contributed by atoms with van der Waals surface area (Å²) >= 11 is 0. The molecule has 0 unspecified atom stereocenters. The summed E-state index contributed by atoms with van der Waals surface area (Å²) in [4.78, 5) is 37.0. The van der Waals surface area contributed by atoms with Crippen LogP contribution in [0.15, 0.2) is 24.3 Å². The number of hydrogen-bond acceptors (Lipinski definition) is 3. The fraction of sp³-hybridized carbons (Fsp3) is 0.500. The lowest BCUT2D eigenvalue weighted by molar-refractivity contribution is -0.138. The third kappa shape index (κ3) is 4.95. The van der Waals surface area contributed by atoms with E-state index in [0.717, 1.165) is 12.8 Å². The van der Waals surface area contributed by atoms with Gasteiger partial charge in [-0.2, -0.15) is 0 Å². The van der Waals surface area contributed by atoms with Crippen molar-refractivity contribution in [2.75, 3.05) is 18.4 Å². The smallest absolute Gasteiger partial charge is 0.319 e. The highest BCUT2D eigenvalue weighted by Crippen LogP contribution is 2.23. The van der Waals surface area contributed by atoms with Gasteiger partial charge >= 0.3 is 12.0 Å². The Morgan fingerprint density at radius 1 is 1.12 bits per heavy atom. The number of nitrogens with one attached hydrogen (secondary N) is 2. The first-order valence-electron chi connectivity index (χ1n) is 8.70. The molecule has 25 heavy (non-hydrogen) atoms. The number of hydrogen-bond donors (Lipinski definition) is 3. The molecule has 1 saturated heterocycles. The zero-order valence-corrected chi connectivity index (χ0v) is 14.0. The van der Waals surface area contributed by atoms with E-state index in [0.29, 0.717) is 37.2 Å². The number of urea groups is 1. The standard InChI is InChI=1S/C18H23N3O4/c22-16(23)10-12-6-8-21(9-7-12)17(24)13-2-1-3-15(11-13)20-18(25)19-14-4-5-14/h1-3,11-12,14H,4-10H2,(H,22,23)(H2,19,20,25). The van der Waals surface area contributed by atoms with Gasteiger partial charge in [0.2, 0.25) is 0 Å². The second-order valence-corrected chi connectivity index (χ2v) is 6.79. The molecule has 1 aromatic rings. The maximum atomic E-state index is 12.6. The number of nitrogens with zero attached hydrogens (tertiary/aromatic N) is 1. The molecule has 2 aliphatic rings. The fourth-order valence-electron chi connectivity index (χ4n) is 3.08. The molecule has 0 spiro atoms. The van der Waals surface area contributed by atoms with E-state index in [-0.39, 0.29) is 30.3 Å². The molecule has 3 rings (SSSR count). The molecular formula is C18H23N3O4. The number of aliphatic carboxylic acids is 1. The molecule has 1 saturated carbocycles. The van der Waals surface area contributed by atoms with Crippen molar-refractivity contribution in [2.24, 2.45) is 5.92 Å². The molecule has 1 aliphatic carbocycles. The summed E-state index contributed by atoms with van der Waals surface area (Å²) < 4.78 is 0. The number of amides is 3. The largest absolute Gasteiger partial charge is 0.481 e. The molecule has 0 radical (unpaired) electrons. The van der Waals surface area contributed by atoms with Crippen molar-refractivity contribution < 1.29 is 19.5 Å². The van der Waals surface area contributed by atoms with Crippen LogP contribution in [0.4, 0.5) is 10.5 Å². The molecule has 0 aromatic heterocycles. The molecule has 3 amide bonds. The SMILES string of the molecule is O=C(O)CC1CCN(C(=O)c2cccc(NC(=O)NC3CC3)c2)CC1. The maximum absolute atomic E-state index is 12.6. The predicted molar refractivity (Wildman–Crippen MR) is 92.5 cm³/mol. The minimum Gasteiger partial charge on any atom is -0.481 e. The topological polar surface area (TPSA) is 98.7 Å². The van der Waals surface area contributed by atoms with Gasteiger partial charge in [-0.05, 0) is 49.8 Å². The number of carbonyl (C=O) groups excluding carboxylic acids is 2. The summed E-state index contributed by atoms with van der Waals surface area (Å²) in [6.45, 7) is 1.13. The van der Waals surface area contributed by atoms with E-state index in [1.54, 1.807) is 29.2 Å². The van der Waals surface area contributed by atoms with E-state index in [9.17, 15) is 14.4 Å². The van der Waals surface area contributed by atoms with Crippen molar-refractivity contribution in [1.29, 1.82) is 0 Å². The number of carbonyl (C=O) groups is 3. The third-order valence-electron chi connectivity index (χ3n) is 4.64. The molecule has 134 valence electrons. The van der Waals surface area contributed by atoms with Crippen LogP contribution >= 0.6 is 0 Å². The lowest BCUT2D eigenvalue weighted by Gasteiger charge is -2.31. The number of benzene rings is 1. The van der Waals surface area contributed by atoms with Crippen LogP contribution in [0, 0.1) is 5.92 Å². The molecule has 0 bridgehead atoms. The second-order valence-electron chi connectivity index (χ2n) is 6.79. The van der Waals surface area contributed by atoms with Crippen molar-refractivity contribution in [2.45, 2.75) is 38.1 Å². The molecule has 1 aliphatic heterocycles. The number of rotatable bonds is 5. The first kappa shape index (κ1) is 17.3. The number of carboxylic acid groups (broad SMARTS) is 1. The van der Waals surface area contributed by atoms with Gasteiger partial charge in [0, 0.05) is 36.8 Å². The summed E-state index contributed by atoms with van der Waals surface area (Å²) in [5, 5.41) is 14.5. The summed E-state index contributed by atoms with van der Waals surface area (Å²) in [5.74, 6) is -0.728. The van der Waals surface area contributed by atoms with Crippen LogP contribution in [0.25, 0.3) is 0 Å². The van der Waals surface area contributed by atoms with Gasteiger partial charge in [-0.3, -0.25) is 9.59 Å². The maximum Gasteiger partial charge on any atom is 0.319 e. The minimum absolute atomic E-state index is 0.0833. The number of likely N-dealkylation sites (tertiary alicyclic amines) is 1. The van der Waals surface area contributed by atoms with Gasteiger partial charge in [0.15, 0.2) is 0 Å². The van der Waals surface area contributed by atoms with Crippen molar-refractivity contribution >= 4 is 23.6 Å². The van der Waals surface area contributed by atoms with Crippen molar-refractivity contribution in [1.82, 2.24) is 10.2 Å². The van der Waals surface area contributed by atoms with Gasteiger partial charge in [-0.25, -0.2) is 4.79 Å². The van der Waals surface area contributed by atoms with E-state index >= 15 is 0 Å². The van der Waals surface area contributed by atoms with E-state index in [1.807, 2.05) is 0 Å². The molecule has 7 nitrogen and oxygen atoms in total. The van der Waals surface area contributed by atoms with E-state index in [1.165, 1.54) is 0 Å². The molecule has 1 heterocycles. The molecule has 2 fully saturated rings. The Bertz CT molecular complexity index is 664. The second kappa shape index (κ2) is 7.55. The highest BCUT2D eigenvalue weighted by molar-refractivity contribution is 5.97. The Morgan fingerprint density at radius 3 is 2.48 bits per heavy atom. The van der Waals surface area contributed by atoms with Crippen molar-refractivity contribution in [3.63, 3.8) is 0 Å². The molecule has 1 aromatic carbocycles. The lowest BCUT2D eigenvalue weighted by Crippen LogP contribution is -2.39. The third-order valence-corrected chi connectivity index (χ3v) is 4.64. The lowest BCUT2D eigenvalue weighted by atomic mass is 9.93. The Hall–Kier alpha value is -2.57. The molecule has 0 atom stereocenters. The zero-order chi connectivity index (χ0) is 17.8. The Kier molecular flexibility index (Phi) is 5.21. The summed E-state index contributed by atoms with van der Waals surface area (Å²) in [6, 6.07) is 6.94. The van der Waals surface area contributed by atoms with Gasteiger partial charge in [0.1, 0.15) is 0 Å². The first-order chi connectivity index (χ1) is 12.0. The van der Waals surface area contributed by atoms with Gasteiger partial charge in [-0.1, -0.05) is 6.07 Å². The Labute approximate surface area is 146 Å². The monoisotopic (exact) mass is 345 g/mol.